The molecule has 0 saturated heterocycles. The molecular weight excluding hydrogens is 416 g/mol. The van der Waals surface area contributed by atoms with Gasteiger partial charge in [-0.25, -0.2) is 0 Å². The quantitative estimate of drug-likeness (QED) is 0.338. The second-order valence-corrected chi connectivity index (χ2v) is 14.3. The van der Waals surface area contributed by atoms with Crippen LogP contribution in [0.1, 0.15) is 145 Å². The fraction of sp³-hybridized carbons (Fsp3) is 0.969. The van der Waals surface area contributed by atoms with Gasteiger partial charge >= 0.3 is 5.97 Å². The Hall–Kier alpha value is -0.530. The van der Waals surface area contributed by atoms with Crippen LogP contribution in [0.4, 0.5) is 0 Å². The Morgan fingerprint density at radius 2 is 1.62 bits per heavy atom. The van der Waals surface area contributed by atoms with E-state index < -0.39 is 11.4 Å². The average molecular weight is 475 g/mol. The van der Waals surface area contributed by atoms with Crippen LogP contribution in [0.15, 0.2) is 0 Å². The molecule has 1 N–H and O–H groups in total. The van der Waals surface area contributed by atoms with Gasteiger partial charge in [-0.15, -0.1) is 0 Å². The SMILES string of the molecule is CCCCC[C@]1(C(=O)O)CC[C@@](C)(CC)C(CCC2CCCC3C(C)(C)[C@@H](C)CC[C@]23C)C1C. The second kappa shape index (κ2) is 10.5. The summed E-state index contributed by atoms with van der Waals surface area (Å²) >= 11 is 0. The largest absolute Gasteiger partial charge is 0.481 e. The first kappa shape index (κ1) is 28.0. The highest BCUT2D eigenvalue weighted by atomic mass is 16.4. The van der Waals surface area contributed by atoms with Crippen LogP contribution in [-0.4, -0.2) is 11.1 Å². The number of carbonyl (C=O) groups is 1. The number of hydrogen-bond acceptors (Lipinski definition) is 1. The summed E-state index contributed by atoms with van der Waals surface area (Å²) < 4.78 is 0. The van der Waals surface area contributed by atoms with Gasteiger partial charge in [0.05, 0.1) is 5.41 Å². The van der Waals surface area contributed by atoms with Gasteiger partial charge in [-0.1, -0.05) is 87.5 Å². The summed E-state index contributed by atoms with van der Waals surface area (Å²) in [6.45, 7) is 19.6. The van der Waals surface area contributed by atoms with E-state index in [1.807, 2.05) is 0 Å². The third-order valence-electron chi connectivity index (χ3n) is 12.9. The Morgan fingerprint density at radius 1 is 0.912 bits per heavy atom. The van der Waals surface area contributed by atoms with Crippen molar-refractivity contribution in [1.82, 2.24) is 0 Å². The second-order valence-electron chi connectivity index (χ2n) is 14.3. The van der Waals surface area contributed by atoms with Crippen molar-refractivity contribution in [3.8, 4) is 0 Å². The summed E-state index contributed by atoms with van der Waals surface area (Å²) in [6.07, 6.45) is 16.9. The lowest BCUT2D eigenvalue weighted by Gasteiger charge is -2.60. The van der Waals surface area contributed by atoms with Gasteiger partial charge in [-0.2, -0.15) is 0 Å². The van der Waals surface area contributed by atoms with Crippen LogP contribution in [0.5, 0.6) is 0 Å². The van der Waals surface area contributed by atoms with E-state index in [1.165, 1.54) is 51.4 Å². The smallest absolute Gasteiger partial charge is 0.309 e. The number of hydrogen-bond donors (Lipinski definition) is 1. The summed E-state index contributed by atoms with van der Waals surface area (Å²) in [5, 5.41) is 10.5. The van der Waals surface area contributed by atoms with E-state index in [1.54, 1.807) is 0 Å². The van der Waals surface area contributed by atoms with Gasteiger partial charge in [0.2, 0.25) is 0 Å². The van der Waals surface area contributed by atoms with E-state index >= 15 is 0 Å². The van der Waals surface area contributed by atoms with Crippen molar-refractivity contribution in [2.24, 2.45) is 51.2 Å². The zero-order valence-electron chi connectivity index (χ0n) is 24.1. The maximum atomic E-state index is 12.8. The number of fused-ring (bicyclic) bond motifs is 1. The van der Waals surface area contributed by atoms with E-state index in [9.17, 15) is 9.90 Å². The van der Waals surface area contributed by atoms with Gasteiger partial charge < -0.3 is 5.11 Å². The number of unbranched alkanes of at least 4 members (excludes halogenated alkanes) is 2. The van der Waals surface area contributed by atoms with Gasteiger partial charge in [0.15, 0.2) is 0 Å². The van der Waals surface area contributed by atoms with Gasteiger partial charge in [0.25, 0.3) is 0 Å². The molecule has 0 spiro atoms. The van der Waals surface area contributed by atoms with E-state index in [2.05, 4.69) is 55.4 Å². The standard InChI is InChI=1S/C32H58O2/c1-9-11-12-19-32(28(33)34)22-21-30(7,10-2)26(24(32)4)17-16-25-14-13-15-27-29(5,6)23(3)18-20-31(25,27)8/h23-27H,9-22H2,1-8H3,(H,33,34)/t23-,24?,25?,26?,27?,30+,31+,32-/m0/s1. The molecule has 34 heavy (non-hydrogen) atoms. The van der Waals surface area contributed by atoms with Crippen LogP contribution in [0, 0.1) is 51.2 Å². The molecule has 0 aliphatic heterocycles. The zero-order chi connectivity index (χ0) is 25.4. The molecule has 0 bridgehead atoms. The molecule has 3 saturated carbocycles. The van der Waals surface area contributed by atoms with Crippen LogP contribution < -0.4 is 0 Å². The molecule has 0 heterocycles. The molecule has 3 aliphatic rings. The highest BCUT2D eigenvalue weighted by Gasteiger charge is 2.56. The average Bonchev–Trinajstić information content (AvgIpc) is 2.79. The van der Waals surface area contributed by atoms with Crippen molar-refractivity contribution in [2.45, 2.75) is 145 Å². The topological polar surface area (TPSA) is 37.3 Å². The Kier molecular flexibility index (Phi) is 8.62. The van der Waals surface area contributed by atoms with Crippen LogP contribution in [-0.2, 0) is 4.79 Å². The minimum Gasteiger partial charge on any atom is -0.481 e. The van der Waals surface area contributed by atoms with Crippen molar-refractivity contribution in [2.75, 3.05) is 0 Å². The minimum absolute atomic E-state index is 0.274. The number of carboxylic acid groups (broad SMARTS) is 1. The first-order valence-corrected chi connectivity index (χ1v) is 15.1. The molecule has 4 unspecified atom stereocenters. The molecule has 0 aromatic carbocycles. The maximum Gasteiger partial charge on any atom is 0.309 e. The molecule has 0 aromatic rings. The minimum atomic E-state index is -0.507. The van der Waals surface area contributed by atoms with Crippen LogP contribution in [0.2, 0.25) is 0 Å². The van der Waals surface area contributed by atoms with E-state index in [4.69, 9.17) is 0 Å². The normalized spacial score (nSPS) is 44.4. The molecular formula is C32H58O2. The fourth-order valence-electron chi connectivity index (χ4n) is 9.61. The monoisotopic (exact) mass is 474 g/mol. The molecule has 3 fully saturated rings. The van der Waals surface area contributed by atoms with Crippen LogP contribution >= 0.6 is 0 Å². The van der Waals surface area contributed by atoms with Crippen molar-refractivity contribution in [3.63, 3.8) is 0 Å². The Bertz CT molecular complexity index is 697. The summed E-state index contributed by atoms with van der Waals surface area (Å²) in [5.41, 5.74) is 0.702. The van der Waals surface area contributed by atoms with Crippen molar-refractivity contribution in [1.29, 1.82) is 0 Å². The highest BCUT2D eigenvalue weighted by Crippen LogP contribution is 2.64. The summed E-state index contributed by atoms with van der Waals surface area (Å²) in [6, 6.07) is 0. The summed E-state index contributed by atoms with van der Waals surface area (Å²) in [5.74, 6) is 2.78. The van der Waals surface area contributed by atoms with Crippen LogP contribution in [0.25, 0.3) is 0 Å². The van der Waals surface area contributed by atoms with Gasteiger partial charge in [0, 0.05) is 0 Å². The van der Waals surface area contributed by atoms with Crippen molar-refractivity contribution in [3.05, 3.63) is 0 Å². The molecule has 2 heteroatoms. The first-order valence-electron chi connectivity index (χ1n) is 15.1. The fourth-order valence-corrected chi connectivity index (χ4v) is 9.61. The molecule has 2 nitrogen and oxygen atoms in total. The Balaban J connectivity index is 1.82. The van der Waals surface area contributed by atoms with Gasteiger partial charge in [-0.3, -0.25) is 4.79 Å². The predicted molar refractivity (Wildman–Crippen MR) is 145 cm³/mol. The van der Waals surface area contributed by atoms with Crippen LogP contribution in [0.3, 0.4) is 0 Å². The summed E-state index contributed by atoms with van der Waals surface area (Å²) in [4.78, 5) is 12.8. The lowest BCUT2D eigenvalue weighted by Crippen LogP contribution is -2.53. The molecule has 0 aromatic heterocycles. The Morgan fingerprint density at radius 3 is 2.24 bits per heavy atom. The number of carboxylic acids is 1. The molecule has 3 rings (SSSR count). The van der Waals surface area contributed by atoms with E-state index in [0.29, 0.717) is 22.2 Å². The molecule has 0 radical (unpaired) electrons. The third-order valence-corrected chi connectivity index (χ3v) is 12.9. The van der Waals surface area contributed by atoms with Gasteiger partial charge in [-0.05, 0) is 104 Å². The van der Waals surface area contributed by atoms with E-state index in [0.717, 1.165) is 56.3 Å². The lowest BCUT2D eigenvalue weighted by atomic mass is 9.45. The zero-order valence-corrected chi connectivity index (χ0v) is 24.1. The van der Waals surface area contributed by atoms with Gasteiger partial charge in [0.1, 0.15) is 0 Å². The maximum absolute atomic E-state index is 12.8. The summed E-state index contributed by atoms with van der Waals surface area (Å²) in [7, 11) is 0. The van der Waals surface area contributed by atoms with Crippen molar-refractivity contribution < 1.29 is 9.90 Å². The predicted octanol–water partition coefficient (Wildman–Crippen LogP) is 9.76. The van der Waals surface area contributed by atoms with E-state index in [-0.39, 0.29) is 5.92 Å². The highest BCUT2D eigenvalue weighted by molar-refractivity contribution is 5.75. The first-order chi connectivity index (χ1) is 15.9. The molecule has 198 valence electrons. The third kappa shape index (κ3) is 4.74. The molecule has 0 amide bonds. The molecule has 3 aliphatic carbocycles. The lowest BCUT2D eigenvalue weighted by molar-refractivity contribution is -0.164. The number of aliphatic carboxylic acids is 1. The molecule has 8 atom stereocenters. The number of rotatable bonds is 9. The Labute approximate surface area is 212 Å². The van der Waals surface area contributed by atoms with Crippen molar-refractivity contribution >= 4 is 5.97 Å².